The predicted molar refractivity (Wildman–Crippen MR) is 93.8 cm³/mol. The van der Waals surface area contributed by atoms with E-state index in [1.54, 1.807) is 25.8 Å². The van der Waals surface area contributed by atoms with Crippen LogP contribution in [0.1, 0.15) is 65.2 Å². The van der Waals surface area contributed by atoms with Crippen LogP contribution in [-0.2, 0) is 9.53 Å². The molecule has 1 N–H and O–H groups in total. The van der Waals surface area contributed by atoms with Gasteiger partial charge in [0.2, 0.25) is 5.91 Å². The van der Waals surface area contributed by atoms with Crippen molar-refractivity contribution in [3.63, 3.8) is 0 Å². The van der Waals surface area contributed by atoms with Gasteiger partial charge >= 0.3 is 0 Å². The van der Waals surface area contributed by atoms with Crippen LogP contribution >= 0.6 is 0 Å². The normalized spacial score (nSPS) is 35.1. The smallest absolute Gasteiger partial charge is 0.219 e. The molecule has 0 bridgehead atoms. The van der Waals surface area contributed by atoms with Gasteiger partial charge in [-0.1, -0.05) is 19.3 Å². The van der Waals surface area contributed by atoms with E-state index in [9.17, 15) is 9.90 Å². The van der Waals surface area contributed by atoms with E-state index >= 15 is 0 Å². The first-order valence-corrected chi connectivity index (χ1v) is 9.67. The molecule has 1 saturated carbocycles. The Labute approximate surface area is 146 Å². The summed E-state index contributed by atoms with van der Waals surface area (Å²) in [6.45, 7) is 5.86. The van der Waals surface area contributed by atoms with Crippen molar-refractivity contribution in [3.8, 4) is 0 Å². The fraction of sp³-hybridized carbons (Fsp3) is 0.947. The average Bonchev–Trinajstić information content (AvgIpc) is 2.58. The fourth-order valence-electron chi connectivity index (χ4n) is 4.89. The topological polar surface area (TPSA) is 53.0 Å². The van der Waals surface area contributed by atoms with Gasteiger partial charge in [0.05, 0.1) is 18.2 Å². The number of nitrogens with zero attached hydrogens (tertiary/aromatic N) is 2. The van der Waals surface area contributed by atoms with E-state index in [0.29, 0.717) is 6.61 Å². The summed E-state index contributed by atoms with van der Waals surface area (Å²) < 4.78 is 6.20. The van der Waals surface area contributed by atoms with Crippen molar-refractivity contribution in [1.82, 2.24) is 9.80 Å². The van der Waals surface area contributed by atoms with E-state index in [1.807, 2.05) is 0 Å². The Morgan fingerprint density at radius 1 is 1.21 bits per heavy atom. The monoisotopic (exact) mass is 338 g/mol. The second-order valence-electron chi connectivity index (χ2n) is 8.51. The average molecular weight is 338 g/mol. The summed E-state index contributed by atoms with van der Waals surface area (Å²) in [6.07, 6.45) is 9.61. The zero-order valence-corrected chi connectivity index (χ0v) is 15.6. The van der Waals surface area contributed by atoms with Crippen molar-refractivity contribution in [1.29, 1.82) is 0 Å². The van der Waals surface area contributed by atoms with Gasteiger partial charge in [-0.25, -0.2) is 0 Å². The van der Waals surface area contributed by atoms with Crippen LogP contribution in [0.5, 0.6) is 0 Å². The number of carbonyl (C=O) groups is 1. The van der Waals surface area contributed by atoms with E-state index in [1.165, 1.54) is 32.1 Å². The molecule has 5 heteroatoms. The van der Waals surface area contributed by atoms with Gasteiger partial charge in [0.15, 0.2) is 0 Å². The molecular formula is C19H34N2O3. The van der Waals surface area contributed by atoms with Crippen LogP contribution in [0.3, 0.4) is 0 Å². The number of likely N-dealkylation sites (tertiary alicyclic amines) is 1. The molecule has 2 aliphatic heterocycles. The van der Waals surface area contributed by atoms with Crippen LogP contribution < -0.4 is 0 Å². The Morgan fingerprint density at radius 2 is 1.83 bits per heavy atom. The van der Waals surface area contributed by atoms with Crippen LogP contribution in [0, 0.1) is 0 Å². The third-order valence-electron chi connectivity index (χ3n) is 6.72. The first kappa shape index (κ1) is 18.2. The fourth-order valence-corrected chi connectivity index (χ4v) is 4.89. The van der Waals surface area contributed by atoms with E-state index < -0.39 is 5.60 Å². The number of hydrogen-bond donors (Lipinski definition) is 1. The minimum atomic E-state index is -0.966. The summed E-state index contributed by atoms with van der Waals surface area (Å²) in [5.74, 6) is 0.0111. The van der Waals surface area contributed by atoms with E-state index in [2.05, 4.69) is 4.90 Å². The summed E-state index contributed by atoms with van der Waals surface area (Å²) in [5, 5.41) is 10.7. The van der Waals surface area contributed by atoms with Crippen LogP contribution in [0.15, 0.2) is 0 Å². The van der Waals surface area contributed by atoms with E-state index in [4.69, 9.17) is 4.74 Å². The molecule has 3 rings (SSSR count). The highest BCUT2D eigenvalue weighted by Crippen LogP contribution is 2.41. The summed E-state index contributed by atoms with van der Waals surface area (Å²) >= 11 is 0. The molecule has 24 heavy (non-hydrogen) atoms. The van der Waals surface area contributed by atoms with Gasteiger partial charge in [0.1, 0.15) is 5.60 Å². The number of aliphatic hydroxyl groups is 1. The molecule has 2 heterocycles. The maximum atomic E-state index is 11.8. The number of likely N-dealkylation sites (N-methyl/N-ethyl adjacent to an activating group) is 1. The molecule has 2 saturated heterocycles. The van der Waals surface area contributed by atoms with Crippen molar-refractivity contribution < 1.29 is 14.6 Å². The Morgan fingerprint density at radius 3 is 2.42 bits per heavy atom. The molecule has 1 spiro atoms. The third kappa shape index (κ3) is 3.63. The molecule has 1 amide bonds. The first-order valence-electron chi connectivity index (χ1n) is 9.67. The highest BCUT2D eigenvalue weighted by atomic mass is 16.5. The lowest BCUT2D eigenvalue weighted by molar-refractivity contribution is -0.210. The lowest BCUT2D eigenvalue weighted by Gasteiger charge is -2.53. The summed E-state index contributed by atoms with van der Waals surface area (Å²) in [7, 11) is 1.80. The highest BCUT2D eigenvalue weighted by molar-refractivity contribution is 5.73. The number of ether oxygens (including phenoxy) is 1. The predicted octanol–water partition coefficient (Wildman–Crippen LogP) is 2.17. The zero-order chi connectivity index (χ0) is 17.4. The summed E-state index contributed by atoms with van der Waals surface area (Å²) in [6, 6.07) is 0.600. The van der Waals surface area contributed by atoms with Gasteiger partial charge in [0.25, 0.3) is 0 Å². The Balaban J connectivity index is 1.63. The van der Waals surface area contributed by atoms with Gasteiger partial charge in [0, 0.05) is 33.1 Å². The quantitative estimate of drug-likeness (QED) is 0.838. The molecular weight excluding hydrogens is 304 g/mol. The van der Waals surface area contributed by atoms with Crippen LogP contribution in [-0.4, -0.2) is 70.8 Å². The standard InChI is InChI=1S/C19H34N2O3/c1-15(22)20(3)17-13-19(24-14-18(17,2)23)9-11-21(12-10-19)16-7-5-4-6-8-16/h16-17,23H,4-14H2,1-3H3/t17-,18-/m0/s1. The number of amides is 1. The second-order valence-corrected chi connectivity index (χ2v) is 8.51. The second kappa shape index (κ2) is 6.93. The molecule has 138 valence electrons. The van der Waals surface area contributed by atoms with Crippen LogP contribution in [0.2, 0.25) is 0 Å². The van der Waals surface area contributed by atoms with E-state index in [0.717, 1.165) is 38.4 Å². The van der Waals surface area contributed by atoms with Crippen LogP contribution in [0.25, 0.3) is 0 Å². The van der Waals surface area contributed by atoms with Crippen molar-refractivity contribution in [2.24, 2.45) is 0 Å². The molecule has 3 fully saturated rings. The first-order chi connectivity index (χ1) is 11.3. The number of hydrogen-bond acceptors (Lipinski definition) is 4. The molecule has 2 atom stereocenters. The summed E-state index contributed by atoms with van der Waals surface area (Å²) in [5.41, 5.74) is -1.13. The van der Waals surface area contributed by atoms with Gasteiger partial charge in [-0.05, 0) is 39.0 Å². The molecule has 0 unspecified atom stereocenters. The number of rotatable bonds is 2. The molecule has 0 aromatic rings. The van der Waals surface area contributed by atoms with Gasteiger partial charge < -0.3 is 19.6 Å². The Hall–Kier alpha value is -0.650. The summed E-state index contributed by atoms with van der Waals surface area (Å²) in [4.78, 5) is 16.2. The minimum Gasteiger partial charge on any atom is -0.386 e. The number of carbonyl (C=O) groups excluding carboxylic acids is 1. The Kier molecular flexibility index (Phi) is 5.24. The maximum Gasteiger partial charge on any atom is 0.219 e. The Bertz CT molecular complexity index is 452. The third-order valence-corrected chi connectivity index (χ3v) is 6.72. The molecule has 5 nitrogen and oxygen atoms in total. The number of piperidine rings is 1. The lowest BCUT2D eigenvalue weighted by Crippen LogP contribution is -2.64. The SMILES string of the molecule is CC(=O)N(C)[C@H]1CC2(CCN(C3CCCCC3)CC2)OC[C@]1(C)O. The molecule has 0 aromatic carbocycles. The van der Waals surface area contributed by atoms with Crippen LogP contribution in [0.4, 0.5) is 0 Å². The minimum absolute atomic E-state index is 0.0111. The van der Waals surface area contributed by atoms with Crippen molar-refractivity contribution in [3.05, 3.63) is 0 Å². The molecule has 0 radical (unpaired) electrons. The maximum absolute atomic E-state index is 11.8. The zero-order valence-electron chi connectivity index (χ0n) is 15.6. The van der Waals surface area contributed by atoms with Crippen molar-refractivity contribution in [2.75, 3.05) is 26.7 Å². The van der Waals surface area contributed by atoms with Crippen molar-refractivity contribution in [2.45, 2.75) is 88.5 Å². The molecule has 3 aliphatic rings. The van der Waals surface area contributed by atoms with Gasteiger partial charge in [-0.15, -0.1) is 0 Å². The largest absolute Gasteiger partial charge is 0.386 e. The lowest BCUT2D eigenvalue weighted by atomic mass is 9.76. The van der Waals surface area contributed by atoms with Gasteiger partial charge in [-0.2, -0.15) is 0 Å². The van der Waals surface area contributed by atoms with Gasteiger partial charge in [-0.3, -0.25) is 4.79 Å². The molecule has 0 aromatic heterocycles. The highest BCUT2D eigenvalue weighted by Gasteiger charge is 2.50. The van der Waals surface area contributed by atoms with E-state index in [-0.39, 0.29) is 17.6 Å². The van der Waals surface area contributed by atoms with Crippen molar-refractivity contribution >= 4 is 5.91 Å². The molecule has 1 aliphatic carbocycles.